The Kier molecular flexibility index (Phi) is 10.1. The number of carboxylic acid groups (broad SMARTS) is 1. The average Bonchev–Trinajstić information content (AvgIpc) is 2.79. The normalized spacial score (nSPS) is 11.5. The van der Waals surface area contributed by atoms with Crippen LogP contribution < -0.4 is 5.32 Å². The predicted octanol–water partition coefficient (Wildman–Crippen LogP) is 4.90. The number of hydrogen-bond acceptors (Lipinski definition) is 4. The number of carboxylic acids is 1. The van der Waals surface area contributed by atoms with Crippen molar-refractivity contribution in [2.75, 3.05) is 18.1 Å². The molecule has 0 spiro atoms. The number of carbonyl (C=O) groups excluding carboxylic acids is 2. The van der Waals surface area contributed by atoms with Crippen molar-refractivity contribution < 1.29 is 19.5 Å². The number of nitrogens with zero attached hydrogens (tertiary/aromatic N) is 1. The zero-order valence-corrected chi connectivity index (χ0v) is 18.9. The number of benzene rings is 2. The molecule has 0 unspecified atom stereocenters. The fourth-order valence-corrected chi connectivity index (χ4v) is 4.11. The average molecular weight is 443 g/mol. The Bertz CT molecular complexity index is 873. The SMILES string of the molecule is CCCCSC[C@H](NC(=O)N(CCC)C(=O)c1cccc(-c2ccccc2)c1)C(=O)O. The number of thioether (sulfide) groups is 1. The van der Waals surface area contributed by atoms with Gasteiger partial charge < -0.3 is 10.4 Å². The van der Waals surface area contributed by atoms with Crippen molar-refractivity contribution in [1.82, 2.24) is 10.2 Å². The summed E-state index contributed by atoms with van der Waals surface area (Å²) in [5.74, 6) is -0.453. The topological polar surface area (TPSA) is 86.7 Å². The van der Waals surface area contributed by atoms with Crippen molar-refractivity contribution in [3.8, 4) is 11.1 Å². The van der Waals surface area contributed by atoms with Crippen LogP contribution in [0.5, 0.6) is 0 Å². The number of rotatable bonds is 11. The van der Waals surface area contributed by atoms with Gasteiger partial charge in [-0.05, 0) is 41.9 Å². The van der Waals surface area contributed by atoms with E-state index in [1.54, 1.807) is 18.2 Å². The van der Waals surface area contributed by atoms with Crippen molar-refractivity contribution in [3.05, 3.63) is 60.2 Å². The second-order valence-electron chi connectivity index (χ2n) is 7.17. The van der Waals surface area contributed by atoms with Gasteiger partial charge in [0.2, 0.25) is 0 Å². The van der Waals surface area contributed by atoms with Crippen LogP contribution >= 0.6 is 11.8 Å². The molecule has 166 valence electrons. The molecule has 0 aromatic heterocycles. The molecular formula is C24H30N2O4S. The van der Waals surface area contributed by atoms with Crippen LogP contribution in [-0.2, 0) is 4.79 Å². The van der Waals surface area contributed by atoms with Crippen LogP contribution in [0.1, 0.15) is 43.5 Å². The number of aliphatic carboxylic acids is 1. The number of urea groups is 1. The lowest BCUT2D eigenvalue weighted by atomic mass is 10.0. The van der Waals surface area contributed by atoms with Gasteiger partial charge in [-0.25, -0.2) is 9.59 Å². The molecule has 0 aliphatic carbocycles. The van der Waals surface area contributed by atoms with Crippen LogP contribution in [0.4, 0.5) is 4.79 Å². The van der Waals surface area contributed by atoms with E-state index in [0.717, 1.165) is 34.6 Å². The van der Waals surface area contributed by atoms with E-state index in [2.05, 4.69) is 12.2 Å². The van der Waals surface area contributed by atoms with E-state index in [1.807, 2.05) is 43.3 Å². The van der Waals surface area contributed by atoms with Crippen LogP contribution in [0, 0.1) is 0 Å². The molecule has 1 atom stereocenters. The largest absolute Gasteiger partial charge is 0.480 e. The molecule has 0 radical (unpaired) electrons. The highest BCUT2D eigenvalue weighted by atomic mass is 32.2. The number of hydrogen-bond donors (Lipinski definition) is 2. The first-order valence-electron chi connectivity index (χ1n) is 10.6. The van der Waals surface area contributed by atoms with Crippen LogP contribution in [0.25, 0.3) is 11.1 Å². The van der Waals surface area contributed by atoms with E-state index >= 15 is 0 Å². The number of carbonyl (C=O) groups is 3. The van der Waals surface area contributed by atoms with Crippen LogP contribution in [-0.4, -0.2) is 52.0 Å². The fourth-order valence-electron chi connectivity index (χ4n) is 2.99. The minimum Gasteiger partial charge on any atom is -0.480 e. The summed E-state index contributed by atoms with van der Waals surface area (Å²) in [4.78, 5) is 38.6. The van der Waals surface area contributed by atoms with Crippen molar-refractivity contribution in [3.63, 3.8) is 0 Å². The molecule has 2 aromatic carbocycles. The van der Waals surface area contributed by atoms with Gasteiger partial charge in [-0.1, -0.05) is 62.7 Å². The number of unbranched alkanes of at least 4 members (excludes halogenated alkanes) is 1. The van der Waals surface area contributed by atoms with E-state index in [4.69, 9.17) is 0 Å². The quantitative estimate of drug-likeness (QED) is 0.483. The Balaban J connectivity index is 2.15. The Morgan fingerprint density at radius 1 is 1.00 bits per heavy atom. The molecule has 2 N–H and O–H groups in total. The molecular weight excluding hydrogens is 412 g/mol. The molecule has 2 rings (SSSR count). The van der Waals surface area contributed by atoms with Crippen LogP contribution in [0.3, 0.4) is 0 Å². The van der Waals surface area contributed by atoms with Gasteiger partial charge in [-0.2, -0.15) is 11.8 Å². The highest BCUT2D eigenvalue weighted by Crippen LogP contribution is 2.21. The molecule has 6 nitrogen and oxygen atoms in total. The van der Waals surface area contributed by atoms with Crippen LogP contribution in [0.2, 0.25) is 0 Å². The third kappa shape index (κ3) is 7.43. The standard InChI is InChI=1S/C24H30N2O4S/c1-3-5-15-31-17-21(23(28)29)25-24(30)26(14-4-2)22(27)20-13-9-12-19(16-20)18-10-7-6-8-11-18/h6-13,16,21H,3-5,14-15,17H2,1-2H3,(H,25,30)(H,28,29)/t21-/m0/s1. The van der Waals surface area contributed by atoms with Gasteiger partial charge in [0.15, 0.2) is 0 Å². The summed E-state index contributed by atoms with van der Waals surface area (Å²) < 4.78 is 0. The second-order valence-corrected chi connectivity index (χ2v) is 8.32. The van der Waals surface area contributed by atoms with Gasteiger partial charge in [0.1, 0.15) is 6.04 Å². The molecule has 0 heterocycles. The minimum atomic E-state index is -1.10. The van der Waals surface area contributed by atoms with Gasteiger partial charge in [0.25, 0.3) is 5.91 Å². The molecule has 7 heteroatoms. The maximum atomic E-state index is 13.1. The Labute approximate surface area is 188 Å². The highest BCUT2D eigenvalue weighted by molar-refractivity contribution is 7.99. The van der Waals surface area contributed by atoms with Crippen LogP contribution in [0.15, 0.2) is 54.6 Å². The summed E-state index contributed by atoms with van der Waals surface area (Å²) in [5.41, 5.74) is 2.23. The number of nitrogens with one attached hydrogen (secondary N) is 1. The van der Waals surface area contributed by atoms with Gasteiger partial charge in [0.05, 0.1) is 0 Å². The maximum Gasteiger partial charge on any atom is 0.327 e. The van der Waals surface area contributed by atoms with Gasteiger partial charge >= 0.3 is 12.0 Å². The molecule has 2 aromatic rings. The lowest BCUT2D eigenvalue weighted by Crippen LogP contribution is -2.51. The highest BCUT2D eigenvalue weighted by Gasteiger charge is 2.27. The Morgan fingerprint density at radius 3 is 2.35 bits per heavy atom. The predicted molar refractivity (Wildman–Crippen MR) is 125 cm³/mol. The Hall–Kier alpha value is -2.80. The monoisotopic (exact) mass is 442 g/mol. The van der Waals surface area contributed by atoms with E-state index in [9.17, 15) is 19.5 Å². The lowest BCUT2D eigenvalue weighted by molar-refractivity contribution is -0.138. The van der Waals surface area contributed by atoms with Gasteiger partial charge in [-0.15, -0.1) is 0 Å². The zero-order chi connectivity index (χ0) is 22.6. The van der Waals surface area contributed by atoms with Crippen molar-refractivity contribution in [2.24, 2.45) is 0 Å². The molecule has 0 bridgehead atoms. The molecule has 0 saturated heterocycles. The molecule has 0 saturated carbocycles. The summed E-state index contributed by atoms with van der Waals surface area (Å²) in [5, 5.41) is 12.0. The van der Waals surface area contributed by atoms with E-state index in [0.29, 0.717) is 12.0 Å². The summed E-state index contributed by atoms with van der Waals surface area (Å²) >= 11 is 1.49. The fraction of sp³-hybridized carbons (Fsp3) is 0.375. The summed E-state index contributed by atoms with van der Waals surface area (Å²) in [6.07, 6.45) is 2.58. The van der Waals surface area contributed by atoms with Crippen molar-refractivity contribution in [1.29, 1.82) is 0 Å². The second kappa shape index (κ2) is 12.8. The molecule has 31 heavy (non-hydrogen) atoms. The molecule has 0 aliphatic heterocycles. The number of imide groups is 1. The minimum absolute atomic E-state index is 0.204. The van der Waals surface area contributed by atoms with Gasteiger partial charge in [0, 0.05) is 17.9 Å². The summed E-state index contributed by atoms with van der Waals surface area (Å²) in [6.45, 7) is 4.14. The number of amides is 3. The van der Waals surface area contributed by atoms with E-state index in [1.165, 1.54) is 11.8 Å². The lowest BCUT2D eigenvalue weighted by Gasteiger charge is -2.23. The van der Waals surface area contributed by atoms with Crippen molar-refractivity contribution >= 4 is 29.7 Å². The van der Waals surface area contributed by atoms with E-state index in [-0.39, 0.29) is 12.3 Å². The third-order valence-corrected chi connectivity index (χ3v) is 5.82. The summed E-state index contributed by atoms with van der Waals surface area (Å²) in [7, 11) is 0. The molecule has 3 amide bonds. The smallest absolute Gasteiger partial charge is 0.327 e. The zero-order valence-electron chi connectivity index (χ0n) is 18.0. The first kappa shape index (κ1) is 24.5. The molecule has 0 fully saturated rings. The first-order chi connectivity index (χ1) is 15.0. The van der Waals surface area contributed by atoms with E-state index < -0.39 is 23.9 Å². The first-order valence-corrected chi connectivity index (χ1v) is 11.7. The molecule has 0 aliphatic rings. The van der Waals surface area contributed by atoms with Crippen molar-refractivity contribution in [2.45, 2.75) is 39.2 Å². The van der Waals surface area contributed by atoms with Gasteiger partial charge in [-0.3, -0.25) is 9.69 Å². The summed E-state index contributed by atoms with van der Waals surface area (Å²) in [6, 6.07) is 15.1. The maximum absolute atomic E-state index is 13.1. The Morgan fingerprint density at radius 2 is 1.71 bits per heavy atom. The third-order valence-electron chi connectivity index (χ3n) is 4.68.